The maximum absolute atomic E-state index is 13.8. The van der Waals surface area contributed by atoms with E-state index in [2.05, 4.69) is 115 Å². The van der Waals surface area contributed by atoms with Gasteiger partial charge in [-0.05, 0) is 308 Å². The summed E-state index contributed by atoms with van der Waals surface area (Å²) in [4.78, 5) is 113. The Kier molecular flexibility index (Phi) is 36.9. The van der Waals surface area contributed by atoms with Crippen molar-refractivity contribution in [3.8, 4) is 23.0 Å². The van der Waals surface area contributed by atoms with Crippen LogP contribution in [0.4, 0.5) is 22.7 Å². The van der Waals surface area contributed by atoms with Crippen LogP contribution in [-0.2, 0) is 125 Å². The number of hydrogen-bond donors (Lipinski definition) is 2. The van der Waals surface area contributed by atoms with Gasteiger partial charge < -0.3 is 49.4 Å². The summed E-state index contributed by atoms with van der Waals surface area (Å²) in [7, 11) is 10.1. The highest BCUT2D eigenvalue weighted by molar-refractivity contribution is 7.99. The number of allylic oxidation sites excluding steroid dienone is 6. The van der Waals surface area contributed by atoms with Gasteiger partial charge in [0.25, 0.3) is 0 Å². The molecule has 150 heavy (non-hydrogen) atoms. The smallest absolute Gasteiger partial charge is 0.307 e. The topological polar surface area (TPSA) is 267 Å². The van der Waals surface area contributed by atoms with Crippen molar-refractivity contribution in [3.05, 3.63) is 415 Å². The van der Waals surface area contributed by atoms with Crippen LogP contribution in [0, 0.1) is 17.8 Å². The summed E-state index contributed by atoms with van der Waals surface area (Å²) < 4.78 is 47.2. The van der Waals surface area contributed by atoms with Crippen molar-refractivity contribution in [2.24, 2.45) is 23.5 Å². The Morgan fingerprint density at radius 1 is 0.420 bits per heavy atom. The summed E-state index contributed by atoms with van der Waals surface area (Å²) in [6.45, 7) is 0. The predicted octanol–water partition coefficient (Wildman–Crippen LogP) is 22.0. The van der Waals surface area contributed by atoms with Gasteiger partial charge in [0.1, 0.15) is 40.3 Å². The number of sulfone groups is 1. The Hall–Kier alpha value is -14.5. The summed E-state index contributed by atoms with van der Waals surface area (Å²) in [6, 6.07) is 94.4. The van der Waals surface area contributed by atoms with E-state index in [4.69, 9.17) is 24.7 Å². The van der Waals surface area contributed by atoms with Crippen LogP contribution >= 0.6 is 23.5 Å². The van der Waals surface area contributed by atoms with Crippen LogP contribution in [-0.4, -0.2) is 158 Å². The third-order valence-electron chi connectivity index (χ3n) is 29.3. The molecule has 0 saturated carbocycles. The normalized spacial score (nSPS) is 17.1. The highest BCUT2D eigenvalue weighted by Crippen LogP contribution is 2.44. The minimum Gasteiger partial charge on any atom is -0.497 e. The molecule has 20 nitrogen and oxygen atoms in total. The molecule has 5 aliphatic carbocycles. The molecule has 12 aromatic carbocycles. The fraction of sp³-hybridized carbons (Fsp3) is 0.291. The average Bonchev–Trinajstić information content (AvgIpc) is 1.65. The van der Waals surface area contributed by atoms with Crippen LogP contribution in [0.25, 0.3) is 22.3 Å². The maximum Gasteiger partial charge on any atom is 0.307 e. The number of carbonyl (C=O) groups excluding carboxylic acids is 7. The molecule has 0 saturated heterocycles. The molecule has 2 aliphatic heterocycles. The second kappa shape index (κ2) is 51.1. The van der Waals surface area contributed by atoms with Gasteiger partial charge in [0.05, 0.1) is 52.4 Å². The number of anilines is 4. The highest BCUT2D eigenvalue weighted by Gasteiger charge is 2.36. The number of aryl methyl sites for hydroxylation is 3. The zero-order valence-corrected chi connectivity index (χ0v) is 89.1. The number of nitrogens with zero attached hydrogens (tertiary/aromatic N) is 4. The van der Waals surface area contributed by atoms with Gasteiger partial charge in [-0.2, -0.15) is 23.5 Å². The van der Waals surface area contributed by atoms with E-state index in [0.717, 1.165) is 168 Å². The van der Waals surface area contributed by atoms with Crippen molar-refractivity contribution in [2.75, 3.05) is 111 Å². The van der Waals surface area contributed by atoms with E-state index in [0.29, 0.717) is 57.1 Å². The molecule has 12 aromatic rings. The van der Waals surface area contributed by atoms with E-state index in [-0.39, 0.29) is 84.6 Å². The lowest BCUT2D eigenvalue weighted by molar-refractivity contribution is -0.136. The van der Waals surface area contributed by atoms with E-state index < -0.39 is 39.6 Å². The number of rotatable bonds is 21. The quantitative estimate of drug-likeness (QED) is 0.0633. The molecule has 0 fully saturated rings. The van der Waals surface area contributed by atoms with Gasteiger partial charge in [0.15, 0.2) is 9.84 Å². The number of aliphatic carboxylic acids is 1. The minimum absolute atomic E-state index is 0.0346. The number of fused-ring (bicyclic) bond motifs is 13. The molecule has 772 valence electrons. The number of nitrogens with two attached hydrogens (primary N) is 1. The van der Waals surface area contributed by atoms with Crippen molar-refractivity contribution in [3.63, 3.8) is 0 Å². The Morgan fingerprint density at radius 2 is 0.813 bits per heavy atom. The molecule has 19 rings (SSSR count). The number of ether oxygens (including phenoxy) is 4. The summed E-state index contributed by atoms with van der Waals surface area (Å²) in [5.74, 6) is 4.26. The average molecular weight is 2060 g/mol. The molecule has 3 N–H and O–H groups in total. The number of carboxylic acid groups (broad SMARTS) is 1. The molecule has 6 bridgehead atoms. The van der Waals surface area contributed by atoms with Crippen molar-refractivity contribution in [2.45, 2.75) is 128 Å². The first-order valence-corrected chi connectivity index (χ1v) is 55.4. The van der Waals surface area contributed by atoms with Crippen molar-refractivity contribution in [1.82, 2.24) is 0 Å². The van der Waals surface area contributed by atoms with Crippen molar-refractivity contribution < 1.29 is 70.8 Å². The van der Waals surface area contributed by atoms with Gasteiger partial charge in [-0.15, -0.1) is 0 Å². The first-order chi connectivity index (χ1) is 72.6. The number of hydrogen-bond acceptors (Lipinski definition) is 17. The summed E-state index contributed by atoms with van der Waals surface area (Å²) in [6.07, 6.45) is 14.0. The Bertz CT molecular complexity index is 7250. The number of methoxy groups -OCH3 is 4. The van der Waals surface area contributed by atoms with Crippen LogP contribution in [0.2, 0.25) is 0 Å². The van der Waals surface area contributed by atoms with Crippen LogP contribution in [0.15, 0.2) is 326 Å². The van der Waals surface area contributed by atoms with Crippen LogP contribution in [0.5, 0.6) is 23.0 Å². The molecule has 4 atom stereocenters. The molecule has 7 aliphatic rings. The standard InChI is InChI=1S/C32H33NO5S.C32H33NO3S.C32H31NO3.C31H34N2O4S/c1-33(27-10-12-29(38-2)13-11-27)32(35)25-17-23-7-5-6-22(16-23)14-15-39(36,37)21-26-18-24-8-3-4-9-30(24)31(26)20-28(34)19-25;1-33(27-10-12-29(36-2)13-11-27)32(35)25-17-23-7-5-6-22(16-23)14-15-37-21-26-18-24-8-3-4-9-30(24)31(26)20-28(34)19-25;1-33(27-13-15-29(36-2)16-14-27)32(35)26-18-23-9-5-7-22(17-23)8-6-11-25-19-24-10-3-4-12-30(24)31(25)21-28(34)20-26;1-33(25-10-12-26(37-2)13-11-25)31(36)29(32)17-22-7-5-6-21(16-22)14-15-38-20-24-18-23-8-3-4-9-27(23)28(24)19-30(34)35/h3-13,16,25H,14-15,17-21H2,1-2H3;3-13,16,25H,14-15,17-21H2,1-2H3;3-7,9-17,26H,8,18-21H2,1-2H3;3-13,16,29H,14-15,17-20,32H2,1-2H3,(H,34,35)/b;;11-6+;/t2*25-;26-;29-/m1110/s1. The monoisotopic (exact) mass is 2060 g/mol. The van der Waals surface area contributed by atoms with Crippen LogP contribution < -0.4 is 44.3 Å². The molecule has 2 heterocycles. The Labute approximate surface area is 889 Å². The third-order valence-corrected chi connectivity index (χ3v) is 33.0. The molecule has 0 spiro atoms. The molecule has 23 heteroatoms. The first-order valence-electron chi connectivity index (χ1n) is 51.3. The Balaban J connectivity index is 0.000000142. The van der Waals surface area contributed by atoms with Gasteiger partial charge in [0, 0.05) is 119 Å². The second-order valence-electron chi connectivity index (χ2n) is 39.6. The van der Waals surface area contributed by atoms with E-state index in [9.17, 15) is 51.9 Å². The fourth-order valence-corrected chi connectivity index (χ4v) is 24.8. The van der Waals surface area contributed by atoms with Gasteiger partial charge in [-0.25, -0.2) is 8.42 Å². The second-order valence-corrected chi connectivity index (χ2v) is 44.0. The Morgan fingerprint density at radius 3 is 1.29 bits per heavy atom. The molecule has 0 unspecified atom stereocenters. The van der Waals surface area contributed by atoms with E-state index in [1.807, 2.05) is 199 Å². The number of carbonyl (C=O) groups is 8. The van der Waals surface area contributed by atoms with E-state index in [1.165, 1.54) is 66.8 Å². The number of Topliss-reactive ketones (excluding diaryl/α,β-unsaturated/α-hetero) is 3. The highest BCUT2D eigenvalue weighted by atomic mass is 32.2. The first kappa shape index (κ1) is 108. The lowest BCUT2D eigenvalue weighted by atomic mass is 9.89. The van der Waals surface area contributed by atoms with Crippen molar-refractivity contribution >= 4 is 125 Å². The number of thioether (sulfide) groups is 2. The molecule has 0 aromatic heterocycles. The molecular formula is C127H131N5O15S3. The zero-order chi connectivity index (χ0) is 105. The van der Waals surface area contributed by atoms with Crippen LogP contribution in [0.3, 0.4) is 0 Å². The molecular weight excluding hydrogens is 1930 g/mol. The van der Waals surface area contributed by atoms with Gasteiger partial charge >= 0.3 is 5.97 Å². The lowest BCUT2D eigenvalue weighted by Gasteiger charge is -2.24. The summed E-state index contributed by atoms with van der Waals surface area (Å²) in [5.41, 5.74) is 36.0. The van der Waals surface area contributed by atoms with E-state index >= 15 is 0 Å². The van der Waals surface area contributed by atoms with Crippen LogP contribution in [0.1, 0.15) is 134 Å². The summed E-state index contributed by atoms with van der Waals surface area (Å²) in [5, 5.41) is 9.39. The number of ketones is 3. The molecule has 4 amide bonds. The number of benzene rings is 12. The van der Waals surface area contributed by atoms with Crippen molar-refractivity contribution in [1.29, 1.82) is 0 Å². The predicted molar refractivity (Wildman–Crippen MR) is 605 cm³/mol. The summed E-state index contributed by atoms with van der Waals surface area (Å²) >= 11 is 3.78. The number of amides is 4. The third kappa shape index (κ3) is 28.2. The van der Waals surface area contributed by atoms with Gasteiger partial charge in [0.2, 0.25) is 23.6 Å². The minimum atomic E-state index is -3.36. The maximum atomic E-state index is 13.8. The number of likely N-dealkylation sites (N-methyl/N-ethyl adjacent to an activating group) is 1. The fourth-order valence-electron chi connectivity index (χ4n) is 21.2. The number of carboxylic acids is 1. The zero-order valence-electron chi connectivity index (χ0n) is 86.6. The van der Waals surface area contributed by atoms with Gasteiger partial charge in [-0.3, -0.25) is 38.4 Å². The van der Waals surface area contributed by atoms with E-state index in [1.54, 1.807) is 88.4 Å². The molecule has 0 radical (unpaired) electrons. The van der Waals surface area contributed by atoms with Gasteiger partial charge in [-0.1, -0.05) is 217 Å². The largest absolute Gasteiger partial charge is 0.497 e. The lowest BCUT2D eigenvalue weighted by Crippen LogP contribution is -2.43. The SMILES string of the molecule is COc1ccc(N(C)C(=O)[C@@H](N)Cc2cccc(CCSCC3=C(CC(=O)O)c4ccccc4C3)c2)cc1.COc1ccc(N(C)C(=O)[C@H]2CC(=O)CC3=C(/C=C/Cc4cccc(c4)C2)Cc2ccccc23)cc1.COc1ccc(N(C)C(=O)[C@H]2CC(=O)CC3=C(CSCCc4cccc(c4)C2)Cc2ccccc23)cc1.COc1ccc(N(C)C(=O)[C@H]2CC(=O)CC3=C(Cc4ccccc43)CS(=O)(=O)CCc3cccc(c3)C2)cc1.